The number of ether oxygens (including phenoxy) is 1. The number of nitrogens with two attached hydrogens (primary N) is 1. The summed E-state index contributed by atoms with van der Waals surface area (Å²) in [6.45, 7) is 7.35. The van der Waals surface area contributed by atoms with E-state index in [2.05, 4.69) is 21.3 Å². The largest absolute Gasteiger partial charge is 0.493 e. The summed E-state index contributed by atoms with van der Waals surface area (Å²) in [6.07, 6.45) is 4.97. The minimum atomic E-state index is -0.968. The summed E-state index contributed by atoms with van der Waals surface area (Å²) in [4.78, 5) is 92.6. The summed E-state index contributed by atoms with van der Waals surface area (Å²) in [5.41, 5.74) is 6.48. The number of fused-ring (bicyclic) bond motifs is 2. The summed E-state index contributed by atoms with van der Waals surface area (Å²) in [7, 11) is 0. The highest BCUT2D eigenvalue weighted by Gasteiger charge is 2.54. The van der Waals surface area contributed by atoms with E-state index >= 15 is 0 Å². The monoisotopic (exact) mass is 887 g/mol. The van der Waals surface area contributed by atoms with E-state index in [1.54, 1.807) is 27.0 Å². The van der Waals surface area contributed by atoms with E-state index in [9.17, 15) is 44.2 Å². The zero-order valence-electron chi connectivity index (χ0n) is 36.4. The third-order valence-corrected chi connectivity index (χ3v) is 13.3. The van der Waals surface area contributed by atoms with E-state index in [-0.39, 0.29) is 56.5 Å². The van der Waals surface area contributed by atoms with Crippen LogP contribution < -0.4 is 15.8 Å². The number of carboxylic acids is 2. The lowest BCUT2D eigenvalue weighted by atomic mass is 9.92. The molecule has 20 heteroatoms. The predicted molar refractivity (Wildman–Crippen MR) is 232 cm³/mol. The first-order valence-electron chi connectivity index (χ1n) is 22.4. The number of aromatic nitrogens is 1. The zero-order valence-corrected chi connectivity index (χ0v) is 36.4. The quantitative estimate of drug-likeness (QED) is 0.156. The van der Waals surface area contributed by atoms with Crippen molar-refractivity contribution in [3.05, 3.63) is 36.0 Å². The highest BCUT2D eigenvalue weighted by atomic mass is 16.5. The number of carbonyl (C=O) groups is 6. The number of amides is 4. The molecule has 3 atom stereocenters. The normalized spacial score (nSPS) is 23.6. The first kappa shape index (κ1) is 46.5. The number of carbonyl (C=O) groups excluding carboxylic acids is 4. The molecule has 7 rings (SSSR count). The van der Waals surface area contributed by atoms with Crippen LogP contribution in [0.2, 0.25) is 0 Å². The Morgan fingerprint density at radius 3 is 1.97 bits per heavy atom. The lowest BCUT2D eigenvalue weighted by molar-refractivity contribution is -0.139. The maximum atomic E-state index is 13.6. The molecule has 64 heavy (non-hydrogen) atoms. The second-order valence-corrected chi connectivity index (χ2v) is 18.0. The number of carboxylic acid groups (broad SMARTS) is 2. The molecule has 0 unspecified atom stereocenters. The Morgan fingerprint density at radius 1 is 0.766 bits per heavy atom. The summed E-state index contributed by atoms with van der Waals surface area (Å²) in [5, 5.41) is 31.9. The topological polar surface area (TPSA) is 250 Å². The molecule has 1 aromatic heterocycles. The number of piperidine rings is 2. The van der Waals surface area contributed by atoms with E-state index < -0.39 is 23.9 Å². The second-order valence-electron chi connectivity index (χ2n) is 18.0. The minimum absolute atomic E-state index is 0.00426. The van der Waals surface area contributed by atoms with Crippen LogP contribution in [0.1, 0.15) is 36.0 Å². The van der Waals surface area contributed by atoms with Crippen molar-refractivity contribution < 1.29 is 43.7 Å². The SMILES string of the molecule is N#C[C@@H]1C[C@@H]2C[C@@H]2N1C(=O)CNC(=O)c1ccnc2ccc(OCC3CN(CC4CCN(C(=O)CN5CCN(CC(=O)O)CCN(CC(N)=O)CCN(CC(=O)O)CC5)CC4)C3)cc12. The third kappa shape index (κ3) is 12.6. The molecule has 4 amide bonds. The van der Waals surface area contributed by atoms with Crippen LogP contribution in [0, 0.1) is 29.1 Å². The van der Waals surface area contributed by atoms with Crippen molar-refractivity contribution in [2.24, 2.45) is 23.5 Å². The van der Waals surface area contributed by atoms with Crippen LogP contribution in [0.4, 0.5) is 0 Å². The molecular weight excluding hydrogens is 827 g/mol. The van der Waals surface area contributed by atoms with Gasteiger partial charge in [-0.1, -0.05) is 0 Å². The Balaban J connectivity index is 0.836. The first-order chi connectivity index (χ1) is 30.8. The Kier molecular flexibility index (Phi) is 15.6. The van der Waals surface area contributed by atoms with Crippen LogP contribution in [0.3, 0.4) is 0 Å². The molecule has 0 spiro atoms. The summed E-state index contributed by atoms with van der Waals surface area (Å²) in [6, 6.07) is 9.01. The molecule has 0 radical (unpaired) electrons. The molecule has 20 nitrogen and oxygen atoms in total. The maximum Gasteiger partial charge on any atom is 0.317 e. The van der Waals surface area contributed by atoms with Crippen LogP contribution in [0.5, 0.6) is 5.75 Å². The van der Waals surface area contributed by atoms with Crippen molar-refractivity contribution in [2.75, 3.05) is 124 Å². The highest BCUT2D eigenvalue weighted by Crippen LogP contribution is 2.47. The number of hydrogen-bond acceptors (Lipinski definition) is 14. The van der Waals surface area contributed by atoms with Gasteiger partial charge < -0.3 is 40.7 Å². The molecule has 1 saturated carbocycles. The molecule has 4 aliphatic heterocycles. The van der Waals surface area contributed by atoms with Gasteiger partial charge in [0.1, 0.15) is 11.8 Å². The van der Waals surface area contributed by atoms with Gasteiger partial charge in [0.05, 0.1) is 56.5 Å². The van der Waals surface area contributed by atoms with Gasteiger partial charge in [-0.2, -0.15) is 5.26 Å². The van der Waals surface area contributed by atoms with Gasteiger partial charge in [-0.05, 0) is 61.8 Å². The average molecular weight is 888 g/mol. The fourth-order valence-corrected chi connectivity index (χ4v) is 9.67. The van der Waals surface area contributed by atoms with Crippen molar-refractivity contribution in [1.82, 2.24) is 44.6 Å². The summed E-state index contributed by atoms with van der Waals surface area (Å²) < 4.78 is 6.20. The molecule has 5 aliphatic rings. The van der Waals surface area contributed by atoms with Crippen molar-refractivity contribution in [3.8, 4) is 11.8 Å². The Bertz CT molecular complexity index is 2040. The molecule has 4 saturated heterocycles. The number of pyridine rings is 1. The smallest absolute Gasteiger partial charge is 0.317 e. The van der Waals surface area contributed by atoms with Crippen LogP contribution in [0.25, 0.3) is 10.9 Å². The Labute approximate surface area is 372 Å². The number of nitrogens with zero attached hydrogens (tertiary/aromatic N) is 9. The van der Waals surface area contributed by atoms with Gasteiger partial charge in [0, 0.05) is 109 Å². The molecule has 5 N–H and O–H groups in total. The number of nitrogens with one attached hydrogen (secondary N) is 1. The molecule has 1 aliphatic carbocycles. The number of nitriles is 1. The highest BCUT2D eigenvalue weighted by molar-refractivity contribution is 6.07. The number of primary amides is 1. The molecular formula is C44H61N11O9. The van der Waals surface area contributed by atoms with E-state index in [0.29, 0.717) is 118 Å². The minimum Gasteiger partial charge on any atom is -0.493 e. The maximum absolute atomic E-state index is 13.6. The fraction of sp³-hybridized carbons (Fsp3) is 0.636. The second kappa shape index (κ2) is 21.5. The van der Waals surface area contributed by atoms with Gasteiger partial charge in [-0.25, -0.2) is 0 Å². The number of hydrogen-bond donors (Lipinski definition) is 4. The van der Waals surface area contributed by atoms with Crippen molar-refractivity contribution in [1.29, 1.82) is 5.26 Å². The molecule has 0 bridgehead atoms. The van der Waals surface area contributed by atoms with Gasteiger partial charge in [0.15, 0.2) is 0 Å². The van der Waals surface area contributed by atoms with E-state index in [1.165, 1.54) is 0 Å². The van der Waals surface area contributed by atoms with Crippen LogP contribution in [-0.2, 0) is 24.0 Å². The van der Waals surface area contributed by atoms with Crippen LogP contribution in [0.15, 0.2) is 30.5 Å². The van der Waals surface area contributed by atoms with Gasteiger partial charge in [0.25, 0.3) is 5.91 Å². The Hall–Kier alpha value is -5.46. The number of aliphatic carboxylic acids is 2. The van der Waals surface area contributed by atoms with Gasteiger partial charge in [0.2, 0.25) is 17.7 Å². The summed E-state index contributed by atoms with van der Waals surface area (Å²) in [5.74, 6) is -1.23. The standard InChI is InChI=1S/C44H61N11O9/c45-20-33-17-32-18-38(32)55(33)40(57)21-48-44(63)35-3-6-47-37-2-1-34(19-36(35)37)64-29-31-23-53(24-31)22-30-4-7-54(8-5-30)41(58)26-50-11-15-51(27-42(59)60)13-9-49(25-39(46)56)10-14-52(16-12-50)28-43(61)62/h1-3,6,19,30-33,38H,4-5,7-18,21-29H2,(H2,46,56)(H,48,63)(H,59,60)(H,61,62)/t32-,33+,38+/m1/s1. The third-order valence-electron chi connectivity index (χ3n) is 13.3. The number of likely N-dealkylation sites (tertiary alicyclic amines) is 3. The molecule has 1 aromatic carbocycles. The van der Waals surface area contributed by atoms with Crippen LogP contribution >= 0.6 is 0 Å². The predicted octanol–water partition coefficient (Wildman–Crippen LogP) is -1.10. The van der Waals surface area contributed by atoms with Gasteiger partial charge in [-0.15, -0.1) is 0 Å². The number of benzene rings is 1. The van der Waals surface area contributed by atoms with Gasteiger partial charge >= 0.3 is 11.9 Å². The summed E-state index contributed by atoms with van der Waals surface area (Å²) >= 11 is 0. The zero-order chi connectivity index (χ0) is 45.3. The molecule has 5 fully saturated rings. The molecule has 346 valence electrons. The van der Waals surface area contributed by atoms with Crippen molar-refractivity contribution >= 4 is 46.5 Å². The lowest BCUT2D eigenvalue weighted by Crippen LogP contribution is -2.53. The first-order valence-corrected chi connectivity index (χ1v) is 22.4. The van der Waals surface area contributed by atoms with E-state index in [1.807, 2.05) is 32.9 Å². The average Bonchev–Trinajstić information content (AvgIpc) is 3.91. The van der Waals surface area contributed by atoms with Gasteiger partial charge in [-0.3, -0.25) is 53.4 Å². The molecule has 2 aromatic rings. The van der Waals surface area contributed by atoms with E-state index in [0.717, 1.165) is 38.9 Å². The molecule has 5 heterocycles. The number of rotatable bonds is 16. The Morgan fingerprint density at radius 2 is 1.38 bits per heavy atom. The van der Waals surface area contributed by atoms with Crippen LogP contribution in [-0.4, -0.2) is 222 Å². The fourth-order valence-electron chi connectivity index (χ4n) is 9.67. The lowest BCUT2D eigenvalue weighted by Gasteiger charge is -2.42. The van der Waals surface area contributed by atoms with Crippen molar-refractivity contribution in [2.45, 2.75) is 37.8 Å². The van der Waals surface area contributed by atoms with E-state index in [4.69, 9.17) is 10.5 Å². The van der Waals surface area contributed by atoms with Crippen molar-refractivity contribution in [3.63, 3.8) is 0 Å².